The van der Waals surface area contributed by atoms with Crippen molar-refractivity contribution in [3.8, 4) is 5.75 Å². The molecule has 0 aliphatic heterocycles. The molecular formula is C17H12ClN3O2. The van der Waals surface area contributed by atoms with E-state index in [-0.39, 0.29) is 0 Å². The van der Waals surface area contributed by atoms with Crippen LogP contribution in [0.1, 0.15) is 0 Å². The zero-order valence-electron chi connectivity index (χ0n) is 12.2. The number of aromatic nitrogens is 2. The largest absolute Gasteiger partial charge is 0.497 e. The summed E-state index contributed by atoms with van der Waals surface area (Å²) in [5.74, 6) is 1.34. The second kappa shape index (κ2) is 5.44. The van der Waals surface area contributed by atoms with Crippen molar-refractivity contribution in [2.24, 2.45) is 0 Å². The van der Waals surface area contributed by atoms with Crippen molar-refractivity contribution in [2.45, 2.75) is 0 Å². The van der Waals surface area contributed by atoms with E-state index in [1.54, 1.807) is 7.11 Å². The van der Waals surface area contributed by atoms with Gasteiger partial charge in [-0.25, -0.2) is 9.97 Å². The highest BCUT2D eigenvalue weighted by molar-refractivity contribution is 6.30. The molecule has 6 heteroatoms. The molecule has 0 aliphatic carbocycles. The third-order valence-corrected chi connectivity index (χ3v) is 3.82. The first-order valence-corrected chi connectivity index (χ1v) is 7.36. The van der Waals surface area contributed by atoms with Crippen LogP contribution < -0.4 is 10.1 Å². The van der Waals surface area contributed by atoms with Crippen LogP contribution >= 0.6 is 11.6 Å². The average molecular weight is 326 g/mol. The SMILES string of the molecule is COc1ccc2c(c1)oc1c(Nc3ccc(Cl)cc3)ncnc12. The van der Waals surface area contributed by atoms with Crippen LogP contribution in [-0.2, 0) is 0 Å². The van der Waals surface area contributed by atoms with E-state index in [9.17, 15) is 0 Å². The predicted molar refractivity (Wildman–Crippen MR) is 90.6 cm³/mol. The van der Waals surface area contributed by atoms with Crippen LogP contribution in [0.2, 0.25) is 5.02 Å². The van der Waals surface area contributed by atoms with Crippen LogP contribution in [-0.4, -0.2) is 17.1 Å². The number of halogens is 1. The molecule has 0 spiro atoms. The predicted octanol–water partition coefficient (Wildman–Crippen LogP) is 4.78. The number of benzene rings is 2. The summed E-state index contributed by atoms with van der Waals surface area (Å²) >= 11 is 5.91. The maximum Gasteiger partial charge on any atom is 0.196 e. The van der Waals surface area contributed by atoms with Gasteiger partial charge in [-0.2, -0.15) is 0 Å². The lowest BCUT2D eigenvalue weighted by atomic mass is 10.2. The molecule has 4 rings (SSSR count). The molecule has 1 N–H and O–H groups in total. The Morgan fingerprint density at radius 3 is 2.70 bits per heavy atom. The fourth-order valence-corrected chi connectivity index (χ4v) is 2.57. The summed E-state index contributed by atoms with van der Waals surface area (Å²) in [6, 6.07) is 13.0. The van der Waals surface area contributed by atoms with Crippen LogP contribution in [0.5, 0.6) is 5.75 Å². The summed E-state index contributed by atoms with van der Waals surface area (Å²) in [6.45, 7) is 0. The van der Waals surface area contributed by atoms with E-state index in [1.807, 2.05) is 42.5 Å². The minimum absolute atomic E-state index is 0.603. The van der Waals surface area contributed by atoms with E-state index < -0.39 is 0 Å². The van der Waals surface area contributed by atoms with Gasteiger partial charge in [0.15, 0.2) is 11.4 Å². The fourth-order valence-electron chi connectivity index (χ4n) is 2.44. The van der Waals surface area contributed by atoms with Gasteiger partial charge in [-0.05, 0) is 36.4 Å². The third kappa shape index (κ3) is 2.45. The number of methoxy groups -OCH3 is 1. The minimum Gasteiger partial charge on any atom is -0.497 e. The topological polar surface area (TPSA) is 60.2 Å². The number of furan rings is 1. The number of rotatable bonds is 3. The quantitative estimate of drug-likeness (QED) is 0.587. The number of hydrogen-bond acceptors (Lipinski definition) is 5. The molecule has 0 atom stereocenters. The molecule has 0 unspecified atom stereocenters. The van der Waals surface area contributed by atoms with Gasteiger partial charge in [0.25, 0.3) is 0 Å². The maximum absolute atomic E-state index is 5.93. The molecule has 0 saturated heterocycles. The minimum atomic E-state index is 0.603. The van der Waals surface area contributed by atoms with Gasteiger partial charge >= 0.3 is 0 Å². The number of anilines is 2. The van der Waals surface area contributed by atoms with Crippen molar-refractivity contribution in [2.75, 3.05) is 12.4 Å². The fraction of sp³-hybridized carbons (Fsp3) is 0.0588. The molecule has 4 aromatic rings. The van der Waals surface area contributed by atoms with Crippen molar-refractivity contribution >= 4 is 45.2 Å². The molecule has 2 aromatic heterocycles. The molecule has 0 saturated carbocycles. The van der Waals surface area contributed by atoms with Gasteiger partial charge < -0.3 is 14.5 Å². The molecule has 114 valence electrons. The first kappa shape index (κ1) is 13.8. The molecule has 5 nitrogen and oxygen atoms in total. The van der Waals surface area contributed by atoms with E-state index in [4.69, 9.17) is 20.8 Å². The normalized spacial score (nSPS) is 11.0. The number of nitrogens with one attached hydrogen (secondary N) is 1. The Morgan fingerprint density at radius 1 is 1.09 bits per heavy atom. The Morgan fingerprint density at radius 2 is 1.91 bits per heavy atom. The van der Waals surface area contributed by atoms with E-state index in [1.165, 1.54) is 6.33 Å². The van der Waals surface area contributed by atoms with Gasteiger partial charge in [-0.15, -0.1) is 0 Å². The number of fused-ring (bicyclic) bond motifs is 3. The monoisotopic (exact) mass is 325 g/mol. The van der Waals surface area contributed by atoms with Gasteiger partial charge in [0.1, 0.15) is 23.2 Å². The number of hydrogen-bond donors (Lipinski definition) is 1. The lowest BCUT2D eigenvalue weighted by Gasteiger charge is -2.05. The number of ether oxygens (including phenoxy) is 1. The summed E-state index contributed by atoms with van der Waals surface area (Å²) in [6.07, 6.45) is 1.51. The van der Waals surface area contributed by atoms with Crippen molar-refractivity contribution in [3.63, 3.8) is 0 Å². The summed E-state index contributed by atoms with van der Waals surface area (Å²) < 4.78 is 11.2. The summed E-state index contributed by atoms with van der Waals surface area (Å²) in [5, 5.41) is 4.83. The van der Waals surface area contributed by atoms with Crippen molar-refractivity contribution in [1.29, 1.82) is 0 Å². The van der Waals surface area contributed by atoms with E-state index >= 15 is 0 Å². The number of nitrogens with zero attached hydrogens (tertiary/aromatic N) is 2. The smallest absolute Gasteiger partial charge is 0.196 e. The Balaban J connectivity index is 1.85. The summed E-state index contributed by atoms with van der Waals surface area (Å²) in [5.41, 5.74) is 2.94. The average Bonchev–Trinajstić information content (AvgIpc) is 2.95. The van der Waals surface area contributed by atoms with Gasteiger partial charge in [0, 0.05) is 22.2 Å². The highest BCUT2D eigenvalue weighted by Crippen LogP contribution is 2.33. The highest BCUT2D eigenvalue weighted by Gasteiger charge is 2.14. The highest BCUT2D eigenvalue weighted by atomic mass is 35.5. The molecule has 0 radical (unpaired) electrons. The first-order valence-electron chi connectivity index (χ1n) is 6.98. The third-order valence-electron chi connectivity index (χ3n) is 3.57. The van der Waals surface area contributed by atoms with Crippen LogP contribution in [0.3, 0.4) is 0 Å². The zero-order valence-corrected chi connectivity index (χ0v) is 13.0. The second-order valence-corrected chi connectivity index (χ2v) is 5.43. The molecule has 2 heterocycles. The van der Waals surface area contributed by atoms with Crippen molar-refractivity contribution in [3.05, 3.63) is 53.8 Å². The molecule has 0 aliphatic rings. The Hall–Kier alpha value is -2.79. The molecule has 0 bridgehead atoms. The van der Waals surface area contributed by atoms with Crippen molar-refractivity contribution < 1.29 is 9.15 Å². The summed E-state index contributed by atoms with van der Waals surface area (Å²) in [4.78, 5) is 8.62. The lowest BCUT2D eigenvalue weighted by molar-refractivity contribution is 0.414. The van der Waals surface area contributed by atoms with E-state index in [0.717, 1.165) is 22.3 Å². The molecule has 0 fully saturated rings. The summed E-state index contributed by atoms with van der Waals surface area (Å²) in [7, 11) is 1.62. The Kier molecular flexibility index (Phi) is 3.28. The zero-order chi connectivity index (χ0) is 15.8. The van der Waals surface area contributed by atoms with Gasteiger partial charge in [0.2, 0.25) is 0 Å². The van der Waals surface area contributed by atoms with Gasteiger partial charge in [-0.3, -0.25) is 0 Å². The molecule has 2 aromatic carbocycles. The van der Waals surface area contributed by atoms with E-state index in [0.29, 0.717) is 22.0 Å². The van der Waals surface area contributed by atoms with Crippen LogP contribution in [0.4, 0.5) is 11.5 Å². The van der Waals surface area contributed by atoms with Crippen molar-refractivity contribution in [1.82, 2.24) is 9.97 Å². The maximum atomic E-state index is 5.93. The first-order chi connectivity index (χ1) is 11.2. The standard InChI is InChI=1S/C17H12ClN3O2/c1-22-12-6-7-13-14(8-12)23-16-15(13)19-9-20-17(16)21-11-4-2-10(18)3-5-11/h2-9H,1H3,(H,19,20,21). The van der Waals surface area contributed by atoms with Crippen LogP contribution in [0, 0.1) is 0 Å². The Bertz CT molecular complexity index is 996. The molecule has 0 amide bonds. The Labute approximate surface area is 136 Å². The van der Waals surface area contributed by atoms with Gasteiger partial charge in [-0.1, -0.05) is 11.6 Å². The molecule has 23 heavy (non-hydrogen) atoms. The second-order valence-electron chi connectivity index (χ2n) is 5.00. The lowest BCUT2D eigenvalue weighted by Crippen LogP contribution is -1.94. The van der Waals surface area contributed by atoms with Crippen LogP contribution in [0.25, 0.3) is 22.1 Å². The molecular weight excluding hydrogens is 314 g/mol. The van der Waals surface area contributed by atoms with Crippen LogP contribution in [0.15, 0.2) is 53.2 Å². The van der Waals surface area contributed by atoms with E-state index in [2.05, 4.69) is 15.3 Å². The van der Waals surface area contributed by atoms with Gasteiger partial charge in [0.05, 0.1) is 7.11 Å².